The Kier molecular flexibility index (Phi) is 4.93. The quantitative estimate of drug-likeness (QED) is 0.862. The maximum Gasteiger partial charge on any atom is 0.264 e. The van der Waals surface area contributed by atoms with Crippen LogP contribution in [0.2, 0.25) is 0 Å². The molecule has 0 unspecified atom stereocenters. The van der Waals surface area contributed by atoms with Gasteiger partial charge in [0.1, 0.15) is 10.7 Å². The molecular formula is C15H17FN2O2S. The van der Waals surface area contributed by atoms with Crippen molar-refractivity contribution in [3.8, 4) is 0 Å². The summed E-state index contributed by atoms with van der Waals surface area (Å²) in [6.45, 7) is 3.19. The minimum absolute atomic E-state index is 0.346. The number of para-hydroxylation sites is 1. The van der Waals surface area contributed by atoms with Crippen molar-refractivity contribution in [2.24, 2.45) is 0 Å². The first-order chi connectivity index (χ1) is 10.0. The molecule has 2 aromatic rings. The Bertz CT molecular complexity index is 703. The second-order valence-corrected chi connectivity index (χ2v) is 6.17. The number of sulfonamides is 1. The molecule has 0 aliphatic rings. The van der Waals surface area contributed by atoms with Gasteiger partial charge in [0.2, 0.25) is 0 Å². The van der Waals surface area contributed by atoms with E-state index in [1.54, 1.807) is 36.4 Å². The first-order valence-corrected chi connectivity index (χ1v) is 8.08. The molecule has 21 heavy (non-hydrogen) atoms. The van der Waals surface area contributed by atoms with E-state index in [0.29, 0.717) is 17.8 Å². The molecule has 4 nitrogen and oxygen atoms in total. The standard InChI is InChI=1S/C15H17FN2O2S/c1-2-17-11-12-8-9-14(16)15(10-12)21(19,20)18-13-6-4-3-5-7-13/h3-10,17-18H,2,11H2,1H3. The highest BCUT2D eigenvalue weighted by Gasteiger charge is 2.19. The Morgan fingerprint density at radius 1 is 1.10 bits per heavy atom. The molecule has 0 amide bonds. The van der Waals surface area contributed by atoms with Crippen LogP contribution >= 0.6 is 0 Å². The summed E-state index contributed by atoms with van der Waals surface area (Å²) in [4.78, 5) is -0.346. The minimum Gasteiger partial charge on any atom is -0.313 e. The van der Waals surface area contributed by atoms with Gasteiger partial charge in [0, 0.05) is 12.2 Å². The number of benzene rings is 2. The van der Waals surface area contributed by atoms with Gasteiger partial charge in [-0.1, -0.05) is 31.2 Å². The van der Waals surface area contributed by atoms with E-state index >= 15 is 0 Å². The van der Waals surface area contributed by atoms with Crippen LogP contribution in [0.3, 0.4) is 0 Å². The van der Waals surface area contributed by atoms with Crippen molar-refractivity contribution in [1.82, 2.24) is 5.32 Å². The van der Waals surface area contributed by atoms with E-state index in [9.17, 15) is 12.8 Å². The van der Waals surface area contributed by atoms with Crippen LogP contribution in [0.15, 0.2) is 53.4 Å². The molecule has 112 valence electrons. The van der Waals surface area contributed by atoms with E-state index in [4.69, 9.17) is 0 Å². The number of nitrogens with one attached hydrogen (secondary N) is 2. The summed E-state index contributed by atoms with van der Waals surface area (Å²) in [5, 5.41) is 3.07. The second kappa shape index (κ2) is 6.69. The van der Waals surface area contributed by atoms with Crippen LogP contribution in [0.5, 0.6) is 0 Å². The number of hydrogen-bond acceptors (Lipinski definition) is 3. The van der Waals surface area contributed by atoms with E-state index in [0.717, 1.165) is 6.54 Å². The smallest absolute Gasteiger partial charge is 0.264 e. The molecule has 0 aliphatic heterocycles. The largest absolute Gasteiger partial charge is 0.313 e. The number of anilines is 1. The Labute approximate surface area is 124 Å². The van der Waals surface area contributed by atoms with Gasteiger partial charge in [-0.25, -0.2) is 12.8 Å². The summed E-state index contributed by atoms with van der Waals surface area (Å²) in [6, 6.07) is 12.5. The van der Waals surface area contributed by atoms with Gasteiger partial charge in [-0.05, 0) is 36.4 Å². The third kappa shape index (κ3) is 4.03. The lowest BCUT2D eigenvalue weighted by Crippen LogP contribution is -2.16. The highest BCUT2D eigenvalue weighted by atomic mass is 32.2. The van der Waals surface area contributed by atoms with Crippen molar-refractivity contribution in [1.29, 1.82) is 0 Å². The summed E-state index contributed by atoms with van der Waals surface area (Å²) in [7, 11) is -3.94. The lowest BCUT2D eigenvalue weighted by Gasteiger charge is -2.10. The van der Waals surface area contributed by atoms with Crippen LogP contribution < -0.4 is 10.0 Å². The predicted octanol–water partition coefficient (Wildman–Crippen LogP) is 2.74. The van der Waals surface area contributed by atoms with E-state index in [1.807, 2.05) is 6.92 Å². The molecule has 0 aromatic heterocycles. The van der Waals surface area contributed by atoms with Gasteiger partial charge in [0.25, 0.3) is 10.0 Å². The van der Waals surface area contributed by atoms with Gasteiger partial charge in [-0.3, -0.25) is 4.72 Å². The average molecular weight is 308 g/mol. The summed E-state index contributed by atoms with van der Waals surface area (Å²) in [5.41, 5.74) is 1.11. The number of hydrogen-bond donors (Lipinski definition) is 2. The van der Waals surface area contributed by atoms with Gasteiger partial charge in [-0.2, -0.15) is 0 Å². The number of halogens is 1. The fourth-order valence-corrected chi connectivity index (χ4v) is 3.04. The van der Waals surface area contributed by atoms with E-state index in [-0.39, 0.29) is 4.90 Å². The molecule has 0 radical (unpaired) electrons. The van der Waals surface area contributed by atoms with Crippen LogP contribution in [0.25, 0.3) is 0 Å². The van der Waals surface area contributed by atoms with Crippen molar-refractivity contribution < 1.29 is 12.8 Å². The Hall–Kier alpha value is -1.92. The zero-order valence-electron chi connectivity index (χ0n) is 11.6. The van der Waals surface area contributed by atoms with Crippen LogP contribution in [0, 0.1) is 5.82 Å². The molecule has 2 rings (SSSR count). The van der Waals surface area contributed by atoms with Crippen molar-refractivity contribution in [3.63, 3.8) is 0 Å². The van der Waals surface area contributed by atoms with Crippen LogP contribution in [0.1, 0.15) is 12.5 Å². The highest BCUT2D eigenvalue weighted by molar-refractivity contribution is 7.92. The molecular weight excluding hydrogens is 291 g/mol. The second-order valence-electron chi connectivity index (χ2n) is 4.52. The molecule has 0 saturated heterocycles. The van der Waals surface area contributed by atoms with E-state index in [2.05, 4.69) is 10.0 Å². The molecule has 6 heteroatoms. The van der Waals surface area contributed by atoms with Gasteiger partial charge >= 0.3 is 0 Å². The Morgan fingerprint density at radius 2 is 1.81 bits per heavy atom. The predicted molar refractivity (Wildman–Crippen MR) is 81.0 cm³/mol. The van der Waals surface area contributed by atoms with E-state index < -0.39 is 15.8 Å². The van der Waals surface area contributed by atoms with Crippen LogP contribution in [0.4, 0.5) is 10.1 Å². The normalized spacial score (nSPS) is 11.3. The monoisotopic (exact) mass is 308 g/mol. The lowest BCUT2D eigenvalue weighted by atomic mass is 10.2. The summed E-state index contributed by atoms with van der Waals surface area (Å²) < 4.78 is 40.8. The Balaban J connectivity index is 2.30. The Morgan fingerprint density at radius 3 is 2.48 bits per heavy atom. The minimum atomic E-state index is -3.94. The van der Waals surface area contributed by atoms with Crippen molar-refractivity contribution in [3.05, 3.63) is 59.9 Å². The zero-order chi connectivity index (χ0) is 15.3. The molecule has 0 atom stereocenters. The first kappa shape index (κ1) is 15.5. The van der Waals surface area contributed by atoms with Crippen LogP contribution in [-0.2, 0) is 16.6 Å². The topological polar surface area (TPSA) is 58.2 Å². The summed E-state index contributed by atoms with van der Waals surface area (Å²) >= 11 is 0. The third-order valence-corrected chi connectivity index (χ3v) is 4.29. The first-order valence-electron chi connectivity index (χ1n) is 6.60. The molecule has 2 N–H and O–H groups in total. The lowest BCUT2D eigenvalue weighted by molar-refractivity contribution is 0.568. The molecule has 2 aromatic carbocycles. The molecule has 0 saturated carbocycles. The maximum absolute atomic E-state index is 13.9. The van der Waals surface area contributed by atoms with Gasteiger partial charge < -0.3 is 5.32 Å². The number of rotatable bonds is 6. The molecule has 0 spiro atoms. The fraction of sp³-hybridized carbons (Fsp3) is 0.200. The summed E-state index contributed by atoms with van der Waals surface area (Å²) in [5.74, 6) is -0.765. The van der Waals surface area contributed by atoms with E-state index in [1.165, 1.54) is 12.1 Å². The van der Waals surface area contributed by atoms with Crippen molar-refractivity contribution in [2.75, 3.05) is 11.3 Å². The molecule has 0 bridgehead atoms. The fourth-order valence-electron chi connectivity index (χ4n) is 1.85. The zero-order valence-corrected chi connectivity index (χ0v) is 12.5. The van der Waals surface area contributed by atoms with Crippen molar-refractivity contribution >= 4 is 15.7 Å². The summed E-state index contributed by atoms with van der Waals surface area (Å²) in [6.07, 6.45) is 0. The molecule has 0 aliphatic carbocycles. The van der Waals surface area contributed by atoms with Crippen molar-refractivity contribution in [2.45, 2.75) is 18.4 Å². The molecule has 0 heterocycles. The molecule has 0 fully saturated rings. The highest BCUT2D eigenvalue weighted by Crippen LogP contribution is 2.20. The SMILES string of the molecule is CCNCc1ccc(F)c(S(=O)(=O)Nc2ccccc2)c1. The third-order valence-electron chi connectivity index (χ3n) is 2.89. The average Bonchev–Trinajstić information content (AvgIpc) is 2.47. The van der Waals surface area contributed by atoms with Gasteiger partial charge in [-0.15, -0.1) is 0 Å². The van der Waals surface area contributed by atoms with Crippen LogP contribution in [-0.4, -0.2) is 15.0 Å². The maximum atomic E-state index is 13.9. The van der Waals surface area contributed by atoms with Gasteiger partial charge in [0.05, 0.1) is 0 Å². The van der Waals surface area contributed by atoms with Gasteiger partial charge in [0.15, 0.2) is 0 Å².